The largest absolute Gasteiger partial charge is 0.350 e. The van der Waals surface area contributed by atoms with Crippen molar-refractivity contribution >= 4 is 34.6 Å². The fourth-order valence-corrected chi connectivity index (χ4v) is 3.08. The van der Waals surface area contributed by atoms with Gasteiger partial charge in [-0.1, -0.05) is 30.3 Å². The molecule has 8 nitrogen and oxygen atoms in total. The van der Waals surface area contributed by atoms with E-state index in [2.05, 4.69) is 16.0 Å². The van der Waals surface area contributed by atoms with Crippen LogP contribution in [0.15, 0.2) is 72.8 Å². The quantitative estimate of drug-likeness (QED) is 0.388. The van der Waals surface area contributed by atoms with Gasteiger partial charge in [-0.2, -0.15) is 0 Å². The number of nitrogens with one attached hydrogen (secondary N) is 3. The van der Waals surface area contributed by atoms with E-state index in [-0.39, 0.29) is 28.9 Å². The zero-order chi connectivity index (χ0) is 21.8. The molecule has 31 heavy (non-hydrogen) atoms. The molecule has 0 heterocycles. The third kappa shape index (κ3) is 4.87. The summed E-state index contributed by atoms with van der Waals surface area (Å²) in [7, 11) is 0. The molecule has 0 spiro atoms. The number of anilines is 3. The van der Waals surface area contributed by atoms with Gasteiger partial charge in [-0.3, -0.25) is 19.7 Å². The minimum absolute atomic E-state index is 0.114. The van der Waals surface area contributed by atoms with Gasteiger partial charge in [0.2, 0.25) is 0 Å². The molecule has 0 bridgehead atoms. The van der Waals surface area contributed by atoms with Crippen LogP contribution in [0.25, 0.3) is 0 Å². The fraction of sp³-hybridized carbons (Fsp3) is 0.130. The van der Waals surface area contributed by atoms with E-state index >= 15 is 0 Å². The van der Waals surface area contributed by atoms with Crippen molar-refractivity contribution in [2.24, 2.45) is 0 Å². The number of benzene rings is 3. The predicted molar refractivity (Wildman–Crippen MR) is 118 cm³/mol. The molecular weight excluding hydrogens is 396 g/mol. The van der Waals surface area contributed by atoms with Gasteiger partial charge in [0.15, 0.2) is 0 Å². The summed E-state index contributed by atoms with van der Waals surface area (Å²) in [5.74, 6) is -0.798. The summed E-state index contributed by atoms with van der Waals surface area (Å²) >= 11 is 0. The van der Waals surface area contributed by atoms with Gasteiger partial charge in [-0.15, -0.1) is 0 Å². The van der Waals surface area contributed by atoms with Crippen molar-refractivity contribution in [3.63, 3.8) is 0 Å². The van der Waals surface area contributed by atoms with Crippen LogP contribution >= 0.6 is 0 Å². The SMILES string of the molecule is O=C(Nc1ccccc1C(=O)NC1CC1)c1ccc(Nc2ccccc2)c([N+](=O)[O-])c1. The second kappa shape index (κ2) is 8.66. The smallest absolute Gasteiger partial charge is 0.293 e. The molecule has 1 saturated carbocycles. The zero-order valence-electron chi connectivity index (χ0n) is 16.5. The van der Waals surface area contributed by atoms with E-state index in [1.165, 1.54) is 18.2 Å². The molecule has 3 N–H and O–H groups in total. The van der Waals surface area contributed by atoms with Gasteiger partial charge in [-0.25, -0.2) is 0 Å². The lowest BCUT2D eigenvalue weighted by atomic mass is 10.1. The van der Waals surface area contributed by atoms with Crippen LogP contribution in [-0.2, 0) is 0 Å². The number of para-hydroxylation sites is 2. The number of carbonyl (C=O) groups excluding carboxylic acids is 2. The Morgan fingerprint density at radius 3 is 2.29 bits per heavy atom. The zero-order valence-corrected chi connectivity index (χ0v) is 16.5. The first-order valence-corrected chi connectivity index (χ1v) is 9.83. The molecule has 2 amide bonds. The number of nitro groups is 1. The number of nitro benzene ring substituents is 1. The molecule has 0 aliphatic heterocycles. The maximum Gasteiger partial charge on any atom is 0.293 e. The Morgan fingerprint density at radius 1 is 0.871 bits per heavy atom. The molecule has 4 rings (SSSR count). The molecule has 3 aromatic rings. The molecule has 0 aromatic heterocycles. The predicted octanol–water partition coefficient (Wildman–Crippen LogP) is 4.48. The van der Waals surface area contributed by atoms with Crippen molar-refractivity contribution in [3.05, 3.63) is 94.0 Å². The summed E-state index contributed by atoms with van der Waals surface area (Å²) in [5.41, 5.74) is 1.55. The highest BCUT2D eigenvalue weighted by Gasteiger charge is 2.25. The van der Waals surface area contributed by atoms with E-state index in [0.29, 0.717) is 16.9 Å². The molecule has 1 fully saturated rings. The Labute approximate surface area is 178 Å². The summed E-state index contributed by atoms with van der Waals surface area (Å²) in [4.78, 5) is 36.3. The number of rotatable bonds is 7. The number of hydrogen-bond donors (Lipinski definition) is 3. The topological polar surface area (TPSA) is 113 Å². The van der Waals surface area contributed by atoms with E-state index in [1.807, 2.05) is 18.2 Å². The lowest BCUT2D eigenvalue weighted by Crippen LogP contribution is -2.27. The monoisotopic (exact) mass is 416 g/mol. The maximum absolute atomic E-state index is 12.8. The highest BCUT2D eigenvalue weighted by Crippen LogP contribution is 2.29. The van der Waals surface area contributed by atoms with Gasteiger partial charge in [0.05, 0.1) is 16.2 Å². The first-order chi connectivity index (χ1) is 15.0. The molecule has 1 aliphatic carbocycles. The average Bonchev–Trinajstić information content (AvgIpc) is 3.59. The van der Waals surface area contributed by atoms with E-state index in [0.717, 1.165) is 12.8 Å². The van der Waals surface area contributed by atoms with Crippen LogP contribution in [0.1, 0.15) is 33.6 Å². The summed E-state index contributed by atoms with van der Waals surface area (Å²) in [6, 6.07) is 20.1. The van der Waals surface area contributed by atoms with Crippen LogP contribution in [0.2, 0.25) is 0 Å². The van der Waals surface area contributed by atoms with Crippen LogP contribution in [-0.4, -0.2) is 22.8 Å². The van der Waals surface area contributed by atoms with E-state index in [1.54, 1.807) is 36.4 Å². The van der Waals surface area contributed by atoms with Crippen LogP contribution in [0, 0.1) is 10.1 Å². The van der Waals surface area contributed by atoms with Crippen LogP contribution in [0.3, 0.4) is 0 Å². The minimum atomic E-state index is -0.543. The molecule has 0 saturated heterocycles. The Morgan fingerprint density at radius 2 is 1.58 bits per heavy atom. The van der Waals surface area contributed by atoms with Gasteiger partial charge >= 0.3 is 0 Å². The van der Waals surface area contributed by atoms with Gasteiger partial charge < -0.3 is 16.0 Å². The molecule has 156 valence electrons. The Kier molecular flexibility index (Phi) is 5.61. The first-order valence-electron chi connectivity index (χ1n) is 9.83. The summed E-state index contributed by atoms with van der Waals surface area (Å²) in [6.07, 6.45) is 1.90. The second-order valence-electron chi connectivity index (χ2n) is 7.23. The van der Waals surface area contributed by atoms with Crippen molar-refractivity contribution in [2.75, 3.05) is 10.6 Å². The van der Waals surface area contributed by atoms with Gasteiger partial charge in [0, 0.05) is 23.4 Å². The van der Waals surface area contributed by atoms with Crippen LogP contribution in [0.4, 0.5) is 22.7 Å². The fourth-order valence-electron chi connectivity index (χ4n) is 3.08. The molecule has 1 aliphatic rings. The number of hydrogen-bond acceptors (Lipinski definition) is 5. The third-order valence-corrected chi connectivity index (χ3v) is 4.84. The third-order valence-electron chi connectivity index (χ3n) is 4.84. The number of carbonyl (C=O) groups is 2. The van der Waals surface area contributed by atoms with Gasteiger partial charge in [0.25, 0.3) is 17.5 Å². The van der Waals surface area contributed by atoms with E-state index < -0.39 is 10.8 Å². The molecule has 0 unspecified atom stereocenters. The molecule has 3 aromatic carbocycles. The van der Waals surface area contributed by atoms with Gasteiger partial charge in [-0.05, 0) is 49.2 Å². The second-order valence-corrected chi connectivity index (χ2v) is 7.23. The van der Waals surface area contributed by atoms with Crippen LogP contribution < -0.4 is 16.0 Å². The normalized spacial score (nSPS) is 12.6. The van der Waals surface area contributed by atoms with Crippen molar-refractivity contribution in [1.82, 2.24) is 5.32 Å². The lowest BCUT2D eigenvalue weighted by molar-refractivity contribution is -0.383. The Bertz CT molecular complexity index is 1140. The van der Waals surface area contributed by atoms with Crippen molar-refractivity contribution in [2.45, 2.75) is 18.9 Å². The van der Waals surface area contributed by atoms with E-state index in [9.17, 15) is 19.7 Å². The molecule has 8 heteroatoms. The van der Waals surface area contributed by atoms with Gasteiger partial charge in [0.1, 0.15) is 5.69 Å². The highest BCUT2D eigenvalue weighted by molar-refractivity contribution is 6.09. The highest BCUT2D eigenvalue weighted by atomic mass is 16.6. The summed E-state index contributed by atoms with van der Waals surface area (Å²) in [6.45, 7) is 0. The lowest BCUT2D eigenvalue weighted by Gasteiger charge is -2.12. The van der Waals surface area contributed by atoms with Crippen molar-refractivity contribution in [1.29, 1.82) is 0 Å². The summed E-state index contributed by atoms with van der Waals surface area (Å²) in [5, 5.41) is 20.2. The average molecular weight is 416 g/mol. The number of amides is 2. The van der Waals surface area contributed by atoms with Crippen molar-refractivity contribution < 1.29 is 14.5 Å². The summed E-state index contributed by atoms with van der Waals surface area (Å²) < 4.78 is 0. The maximum atomic E-state index is 12.8. The standard InChI is InChI=1S/C23H20N4O4/c28-22(26-19-9-5-4-8-18(19)23(29)25-17-11-12-17)15-10-13-20(21(14-15)27(30)31)24-16-6-2-1-3-7-16/h1-10,13-14,17,24H,11-12H2,(H,25,29)(H,26,28). The minimum Gasteiger partial charge on any atom is -0.350 e. The Hall–Kier alpha value is -4.20. The van der Waals surface area contributed by atoms with Crippen LogP contribution in [0.5, 0.6) is 0 Å². The van der Waals surface area contributed by atoms with E-state index in [4.69, 9.17) is 0 Å². The molecular formula is C23H20N4O4. The Balaban J connectivity index is 1.56. The molecule has 0 atom stereocenters. The van der Waals surface area contributed by atoms with Crippen molar-refractivity contribution in [3.8, 4) is 0 Å². The molecule has 0 radical (unpaired) electrons. The first kappa shape index (κ1) is 20.1. The number of nitrogens with zero attached hydrogens (tertiary/aromatic N) is 1.